The predicted octanol–water partition coefficient (Wildman–Crippen LogP) is 3.91. The van der Waals surface area contributed by atoms with Gasteiger partial charge in [0, 0.05) is 0 Å². The molecule has 0 saturated carbocycles. The van der Waals surface area contributed by atoms with Crippen molar-refractivity contribution in [3.63, 3.8) is 0 Å². The smallest absolute Gasteiger partial charge is 0.412 e. The molecule has 1 amide bonds. The molecule has 4 nitrogen and oxygen atoms in total. The van der Waals surface area contributed by atoms with Gasteiger partial charge in [-0.1, -0.05) is 23.7 Å². The van der Waals surface area contributed by atoms with Crippen molar-refractivity contribution in [2.24, 2.45) is 0 Å². The molecule has 1 rings (SSSR count). The minimum Gasteiger partial charge on any atom is -0.444 e. The van der Waals surface area contributed by atoms with Crippen molar-refractivity contribution in [2.75, 3.05) is 5.32 Å². The minimum absolute atomic E-state index is 0.323. The standard InChI is InChI=1S/C14H18ClNO3/c1-5-12(17)9-6-7-11(10(15)8-9)16-13(18)19-14(2,3)4/h5-8,12,17H,1H2,2-4H3,(H,16,18). The number of benzene rings is 1. The second-order valence-electron chi connectivity index (χ2n) is 5.05. The zero-order valence-electron chi connectivity index (χ0n) is 11.2. The molecular weight excluding hydrogens is 266 g/mol. The molecule has 2 N–H and O–H groups in total. The number of aliphatic hydroxyl groups excluding tert-OH is 1. The third-order valence-electron chi connectivity index (χ3n) is 2.19. The number of hydrogen-bond donors (Lipinski definition) is 2. The monoisotopic (exact) mass is 283 g/mol. The van der Waals surface area contributed by atoms with Gasteiger partial charge in [0.1, 0.15) is 5.60 Å². The van der Waals surface area contributed by atoms with Gasteiger partial charge in [-0.25, -0.2) is 4.79 Å². The zero-order chi connectivity index (χ0) is 14.6. The first-order valence-electron chi connectivity index (χ1n) is 5.83. The van der Waals surface area contributed by atoms with Crippen LogP contribution in [0, 0.1) is 0 Å². The van der Waals surface area contributed by atoms with Crippen LogP contribution in [0.15, 0.2) is 30.9 Å². The Labute approximate surface area is 118 Å². The van der Waals surface area contributed by atoms with E-state index in [4.69, 9.17) is 16.3 Å². The van der Waals surface area contributed by atoms with Gasteiger partial charge in [-0.2, -0.15) is 0 Å². The average molecular weight is 284 g/mol. The Hall–Kier alpha value is -1.52. The first-order valence-corrected chi connectivity index (χ1v) is 6.21. The van der Waals surface area contributed by atoms with Gasteiger partial charge in [-0.3, -0.25) is 5.32 Å². The van der Waals surface area contributed by atoms with Crippen LogP contribution in [0.1, 0.15) is 32.4 Å². The van der Waals surface area contributed by atoms with Crippen molar-refractivity contribution >= 4 is 23.4 Å². The molecule has 0 saturated heterocycles. The van der Waals surface area contributed by atoms with Gasteiger partial charge in [0.25, 0.3) is 0 Å². The van der Waals surface area contributed by atoms with E-state index in [1.54, 1.807) is 39.0 Å². The lowest BCUT2D eigenvalue weighted by Gasteiger charge is -2.20. The highest BCUT2D eigenvalue weighted by Gasteiger charge is 2.17. The molecule has 5 heteroatoms. The molecule has 0 radical (unpaired) electrons. The highest BCUT2D eigenvalue weighted by molar-refractivity contribution is 6.33. The fraction of sp³-hybridized carbons (Fsp3) is 0.357. The van der Waals surface area contributed by atoms with Gasteiger partial charge < -0.3 is 9.84 Å². The van der Waals surface area contributed by atoms with E-state index < -0.39 is 17.8 Å². The Kier molecular flexibility index (Phi) is 4.97. The van der Waals surface area contributed by atoms with Crippen LogP contribution in [0.5, 0.6) is 0 Å². The number of hydrogen-bond acceptors (Lipinski definition) is 3. The van der Waals surface area contributed by atoms with E-state index in [1.807, 2.05) is 0 Å². The average Bonchev–Trinajstić information content (AvgIpc) is 2.28. The molecule has 19 heavy (non-hydrogen) atoms. The Morgan fingerprint density at radius 3 is 2.63 bits per heavy atom. The lowest BCUT2D eigenvalue weighted by molar-refractivity contribution is 0.0636. The summed E-state index contributed by atoms with van der Waals surface area (Å²) in [6, 6.07) is 4.83. The molecular formula is C14H18ClNO3. The number of anilines is 1. The van der Waals surface area contributed by atoms with Crippen molar-refractivity contribution in [1.29, 1.82) is 0 Å². The number of amides is 1. The number of carbonyl (C=O) groups excluding carboxylic acids is 1. The van der Waals surface area contributed by atoms with Gasteiger partial charge in [0.05, 0.1) is 16.8 Å². The maximum absolute atomic E-state index is 11.6. The number of carbonyl (C=O) groups is 1. The van der Waals surface area contributed by atoms with Crippen LogP contribution in [-0.4, -0.2) is 16.8 Å². The van der Waals surface area contributed by atoms with E-state index in [0.717, 1.165) is 0 Å². The molecule has 1 aromatic rings. The van der Waals surface area contributed by atoms with E-state index >= 15 is 0 Å². The van der Waals surface area contributed by atoms with Crippen molar-refractivity contribution < 1.29 is 14.6 Å². The zero-order valence-corrected chi connectivity index (χ0v) is 12.0. The summed E-state index contributed by atoms with van der Waals surface area (Å²) < 4.78 is 5.12. The first-order chi connectivity index (χ1) is 8.73. The number of nitrogens with one attached hydrogen (secondary N) is 1. The lowest BCUT2D eigenvalue weighted by Crippen LogP contribution is -2.27. The van der Waals surface area contributed by atoms with Crippen molar-refractivity contribution in [3.8, 4) is 0 Å². The maximum atomic E-state index is 11.6. The van der Waals surface area contributed by atoms with Crippen LogP contribution in [-0.2, 0) is 4.74 Å². The molecule has 0 aliphatic rings. The van der Waals surface area contributed by atoms with E-state index in [2.05, 4.69) is 11.9 Å². The van der Waals surface area contributed by atoms with Gasteiger partial charge in [0.15, 0.2) is 0 Å². The van der Waals surface area contributed by atoms with Crippen LogP contribution in [0.4, 0.5) is 10.5 Å². The van der Waals surface area contributed by atoms with Crippen molar-refractivity contribution in [2.45, 2.75) is 32.5 Å². The lowest BCUT2D eigenvalue weighted by atomic mass is 10.1. The molecule has 0 aromatic heterocycles. The number of ether oxygens (including phenoxy) is 1. The summed E-state index contributed by atoms with van der Waals surface area (Å²) in [5.74, 6) is 0. The molecule has 0 spiro atoms. The Morgan fingerprint density at radius 2 is 2.16 bits per heavy atom. The molecule has 1 atom stereocenters. The quantitative estimate of drug-likeness (QED) is 0.827. The van der Waals surface area contributed by atoms with E-state index in [-0.39, 0.29) is 0 Å². The third-order valence-corrected chi connectivity index (χ3v) is 2.51. The Morgan fingerprint density at radius 1 is 1.53 bits per heavy atom. The fourth-order valence-corrected chi connectivity index (χ4v) is 1.60. The van der Waals surface area contributed by atoms with Gasteiger partial charge in [-0.05, 0) is 38.5 Å². The molecule has 1 unspecified atom stereocenters. The van der Waals surface area contributed by atoms with Crippen LogP contribution < -0.4 is 5.32 Å². The molecule has 0 heterocycles. The third kappa shape index (κ3) is 4.93. The second kappa shape index (κ2) is 6.08. The normalized spacial score (nSPS) is 12.7. The molecule has 0 aliphatic heterocycles. The van der Waals surface area contributed by atoms with Crippen molar-refractivity contribution in [1.82, 2.24) is 0 Å². The van der Waals surface area contributed by atoms with Crippen LogP contribution in [0.3, 0.4) is 0 Å². The van der Waals surface area contributed by atoms with Crippen LogP contribution in [0.2, 0.25) is 5.02 Å². The molecule has 104 valence electrons. The number of rotatable bonds is 3. The van der Waals surface area contributed by atoms with Gasteiger partial charge >= 0.3 is 6.09 Å². The summed E-state index contributed by atoms with van der Waals surface area (Å²) in [5, 5.41) is 12.5. The van der Waals surface area contributed by atoms with Gasteiger partial charge in [-0.15, -0.1) is 6.58 Å². The summed E-state index contributed by atoms with van der Waals surface area (Å²) >= 11 is 6.03. The highest BCUT2D eigenvalue weighted by Crippen LogP contribution is 2.26. The van der Waals surface area contributed by atoms with Crippen LogP contribution in [0.25, 0.3) is 0 Å². The summed E-state index contributed by atoms with van der Waals surface area (Å²) in [4.78, 5) is 11.6. The SMILES string of the molecule is C=CC(O)c1ccc(NC(=O)OC(C)(C)C)c(Cl)c1. The molecule has 0 bridgehead atoms. The van der Waals surface area contributed by atoms with E-state index in [1.165, 1.54) is 6.08 Å². The summed E-state index contributed by atoms with van der Waals surface area (Å²) in [7, 11) is 0. The summed E-state index contributed by atoms with van der Waals surface area (Å²) in [6.07, 6.45) is 0.0339. The van der Waals surface area contributed by atoms with Gasteiger partial charge in [0.2, 0.25) is 0 Å². The minimum atomic E-state index is -0.784. The summed E-state index contributed by atoms with van der Waals surface area (Å²) in [5.41, 5.74) is 0.459. The molecule has 0 aliphatic carbocycles. The topological polar surface area (TPSA) is 58.6 Å². The molecule has 1 aromatic carbocycles. The molecule has 0 fully saturated rings. The first kappa shape index (κ1) is 15.5. The van der Waals surface area contributed by atoms with E-state index in [0.29, 0.717) is 16.3 Å². The Balaban J connectivity index is 2.81. The van der Waals surface area contributed by atoms with Crippen molar-refractivity contribution in [3.05, 3.63) is 41.4 Å². The Bertz CT molecular complexity index is 480. The second-order valence-corrected chi connectivity index (χ2v) is 5.45. The van der Waals surface area contributed by atoms with E-state index in [9.17, 15) is 9.90 Å². The number of aliphatic hydroxyl groups is 1. The van der Waals surface area contributed by atoms with Crippen LogP contribution >= 0.6 is 11.6 Å². The summed E-state index contributed by atoms with van der Waals surface area (Å²) in [6.45, 7) is 8.82. The highest BCUT2D eigenvalue weighted by atomic mass is 35.5. The fourth-order valence-electron chi connectivity index (χ4n) is 1.37. The maximum Gasteiger partial charge on any atom is 0.412 e. The number of halogens is 1. The predicted molar refractivity (Wildman–Crippen MR) is 76.5 cm³/mol. The largest absolute Gasteiger partial charge is 0.444 e.